The molecule has 0 radical (unpaired) electrons. The number of nitrogens with one attached hydrogen (secondary N) is 1. The highest BCUT2D eigenvalue weighted by molar-refractivity contribution is 7.17. The first-order chi connectivity index (χ1) is 14.5. The summed E-state index contributed by atoms with van der Waals surface area (Å²) in [7, 11) is 0. The number of benzene rings is 1. The van der Waals surface area contributed by atoms with Crippen molar-refractivity contribution in [1.29, 1.82) is 0 Å². The second-order valence-corrected chi connectivity index (χ2v) is 9.78. The molecular weight excluding hydrogens is 418 g/mol. The molecule has 2 heterocycles. The van der Waals surface area contributed by atoms with Gasteiger partial charge in [-0.2, -0.15) is 0 Å². The molecule has 0 unspecified atom stereocenters. The largest absolute Gasteiger partial charge is 0.348 e. The summed E-state index contributed by atoms with van der Waals surface area (Å²) in [5.41, 5.74) is 1.70. The number of carbonyl (C=O) groups excluding carboxylic acids is 2. The molecule has 1 aliphatic heterocycles. The monoisotopic (exact) mass is 445 g/mol. The number of halogens is 1. The van der Waals surface area contributed by atoms with Gasteiger partial charge >= 0.3 is 0 Å². The molecule has 0 spiro atoms. The van der Waals surface area contributed by atoms with Crippen LogP contribution in [0.1, 0.15) is 60.3 Å². The van der Waals surface area contributed by atoms with Gasteiger partial charge in [0.15, 0.2) is 0 Å². The molecule has 2 aliphatic rings. The van der Waals surface area contributed by atoms with E-state index in [9.17, 15) is 9.59 Å². The van der Waals surface area contributed by atoms with Crippen molar-refractivity contribution < 1.29 is 9.59 Å². The van der Waals surface area contributed by atoms with Gasteiger partial charge in [0.2, 0.25) is 5.91 Å². The minimum Gasteiger partial charge on any atom is -0.348 e. The molecule has 160 valence electrons. The third kappa shape index (κ3) is 4.86. The Morgan fingerprint density at radius 1 is 1.07 bits per heavy atom. The van der Waals surface area contributed by atoms with E-state index in [1.165, 1.54) is 30.6 Å². The molecule has 1 saturated heterocycles. The van der Waals surface area contributed by atoms with Crippen LogP contribution in [0.2, 0.25) is 5.02 Å². The van der Waals surface area contributed by atoms with E-state index < -0.39 is 0 Å². The second kappa shape index (κ2) is 9.48. The SMILES string of the molecule is Cc1nc(-c2ccc(Cl)cc2)sc1C(=O)NC1CCN(C(=O)C2CCCCC2)CC1. The number of piperidine rings is 1. The maximum Gasteiger partial charge on any atom is 0.263 e. The summed E-state index contributed by atoms with van der Waals surface area (Å²) in [4.78, 5) is 32.8. The fourth-order valence-electron chi connectivity index (χ4n) is 4.43. The van der Waals surface area contributed by atoms with Crippen molar-refractivity contribution in [2.24, 2.45) is 5.92 Å². The predicted molar refractivity (Wildman–Crippen MR) is 121 cm³/mol. The standard InChI is InChI=1S/C23H28ClN3O2S/c1-15-20(30-22(25-15)16-7-9-18(24)10-8-16)21(28)26-19-11-13-27(14-12-19)23(29)17-5-3-2-4-6-17/h7-10,17,19H,2-6,11-14H2,1H3,(H,26,28). The second-order valence-electron chi connectivity index (χ2n) is 8.35. The van der Waals surface area contributed by atoms with Crippen molar-refractivity contribution >= 4 is 34.8 Å². The summed E-state index contributed by atoms with van der Waals surface area (Å²) in [6.07, 6.45) is 7.31. The lowest BCUT2D eigenvalue weighted by atomic mass is 9.87. The molecule has 0 atom stereocenters. The molecule has 4 rings (SSSR count). The highest BCUT2D eigenvalue weighted by Crippen LogP contribution is 2.30. The van der Waals surface area contributed by atoms with Gasteiger partial charge in [0.05, 0.1) is 5.69 Å². The maximum absolute atomic E-state index is 12.9. The van der Waals surface area contributed by atoms with E-state index in [4.69, 9.17) is 11.6 Å². The fraction of sp³-hybridized carbons (Fsp3) is 0.522. The Hall–Kier alpha value is -1.92. The molecule has 2 aromatic rings. The van der Waals surface area contributed by atoms with Crippen molar-refractivity contribution in [3.8, 4) is 10.6 Å². The highest BCUT2D eigenvalue weighted by atomic mass is 35.5. The molecule has 1 aromatic carbocycles. The summed E-state index contributed by atoms with van der Waals surface area (Å²) in [6, 6.07) is 7.60. The minimum atomic E-state index is -0.0673. The zero-order chi connectivity index (χ0) is 21.1. The Morgan fingerprint density at radius 3 is 2.40 bits per heavy atom. The van der Waals surface area contributed by atoms with Crippen molar-refractivity contribution in [3.05, 3.63) is 39.9 Å². The first-order valence-electron chi connectivity index (χ1n) is 10.8. The summed E-state index contributed by atoms with van der Waals surface area (Å²) < 4.78 is 0. The van der Waals surface area contributed by atoms with E-state index in [-0.39, 0.29) is 17.9 Å². The van der Waals surface area contributed by atoms with Crippen molar-refractivity contribution in [2.45, 2.75) is 57.9 Å². The molecule has 7 heteroatoms. The molecule has 1 saturated carbocycles. The number of hydrogen-bond donors (Lipinski definition) is 1. The first kappa shape index (κ1) is 21.3. The Balaban J connectivity index is 1.33. The van der Waals surface area contributed by atoms with Gasteiger partial charge in [0.25, 0.3) is 5.91 Å². The number of hydrogen-bond acceptors (Lipinski definition) is 4. The highest BCUT2D eigenvalue weighted by Gasteiger charge is 2.30. The van der Waals surface area contributed by atoms with Crippen LogP contribution in [0.15, 0.2) is 24.3 Å². The van der Waals surface area contributed by atoms with Crippen LogP contribution in [0.5, 0.6) is 0 Å². The number of nitrogens with zero attached hydrogens (tertiary/aromatic N) is 2. The average Bonchev–Trinajstić information content (AvgIpc) is 3.16. The van der Waals surface area contributed by atoms with E-state index in [0.717, 1.165) is 55.0 Å². The molecule has 2 amide bonds. The lowest BCUT2D eigenvalue weighted by molar-refractivity contribution is -0.137. The van der Waals surface area contributed by atoms with Crippen molar-refractivity contribution in [2.75, 3.05) is 13.1 Å². The van der Waals surface area contributed by atoms with E-state index in [2.05, 4.69) is 10.3 Å². The zero-order valence-electron chi connectivity index (χ0n) is 17.3. The third-order valence-electron chi connectivity index (χ3n) is 6.19. The van der Waals surface area contributed by atoms with E-state index in [1.807, 2.05) is 36.1 Å². The van der Waals surface area contributed by atoms with Gasteiger partial charge in [-0.05, 0) is 44.7 Å². The van der Waals surface area contributed by atoms with Gasteiger partial charge in [-0.3, -0.25) is 9.59 Å². The molecule has 5 nitrogen and oxygen atoms in total. The third-order valence-corrected chi connectivity index (χ3v) is 7.65. The van der Waals surface area contributed by atoms with Crippen LogP contribution in [0.4, 0.5) is 0 Å². The number of aromatic nitrogens is 1. The van der Waals surface area contributed by atoms with Crippen molar-refractivity contribution in [1.82, 2.24) is 15.2 Å². The Morgan fingerprint density at radius 2 is 1.73 bits per heavy atom. The van der Waals surface area contributed by atoms with E-state index in [0.29, 0.717) is 15.8 Å². The van der Waals surface area contributed by atoms with Crippen molar-refractivity contribution in [3.63, 3.8) is 0 Å². The molecule has 1 N–H and O–H groups in total. The number of likely N-dealkylation sites (tertiary alicyclic amines) is 1. The Labute approximate surface area is 186 Å². The summed E-state index contributed by atoms with van der Waals surface area (Å²) in [6.45, 7) is 3.34. The number of aryl methyl sites for hydroxylation is 1. The van der Waals surface area contributed by atoms with Crippen LogP contribution in [-0.4, -0.2) is 40.8 Å². The quantitative estimate of drug-likeness (QED) is 0.714. The maximum atomic E-state index is 12.9. The predicted octanol–water partition coefficient (Wildman–Crippen LogP) is 5.07. The fourth-order valence-corrected chi connectivity index (χ4v) is 5.53. The smallest absolute Gasteiger partial charge is 0.263 e. The van der Waals surface area contributed by atoms with Gasteiger partial charge in [0, 0.05) is 35.6 Å². The molecule has 2 fully saturated rings. The van der Waals surface area contributed by atoms with Crippen LogP contribution in [0.25, 0.3) is 10.6 Å². The lowest BCUT2D eigenvalue weighted by Gasteiger charge is -2.35. The number of carbonyl (C=O) groups is 2. The van der Waals surface area contributed by atoms with Crippen LogP contribution >= 0.6 is 22.9 Å². The van der Waals surface area contributed by atoms with Crippen LogP contribution in [0, 0.1) is 12.8 Å². The van der Waals surface area contributed by atoms with Gasteiger partial charge in [-0.25, -0.2) is 4.98 Å². The normalized spacial score (nSPS) is 18.4. The summed E-state index contributed by atoms with van der Waals surface area (Å²) in [5, 5.41) is 4.66. The zero-order valence-corrected chi connectivity index (χ0v) is 18.9. The topological polar surface area (TPSA) is 62.3 Å². The van der Waals surface area contributed by atoms with Gasteiger partial charge < -0.3 is 10.2 Å². The molecule has 1 aliphatic carbocycles. The van der Waals surface area contributed by atoms with Crippen LogP contribution < -0.4 is 5.32 Å². The van der Waals surface area contributed by atoms with Gasteiger partial charge in [-0.1, -0.05) is 43.0 Å². The Bertz CT molecular complexity index is 898. The summed E-state index contributed by atoms with van der Waals surface area (Å²) >= 11 is 7.37. The number of rotatable bonds is 4. The van der Waals surface area contributed by atoms with Crippen LogP contribution in [-0.2, 0) is 4.79 Å². The van der Waals surface area contributed by atoms with E-state index in [1.54, 1.807) is 0 Å². The lowest BCUT2D eigenvalue weighted by Crippen LogP contribution is -2.48. The molecule has 30 heavy (non-hydrogen) atoms. The van der Waals surface area contributed by atoms with Gasteiger partial charge in [0.1, 0.15) is 9.88 Å². The number of amides is 2. The Kier molecular flexibility index (Phi) is 6.74. The molecule has 0 bridgehead atoms. The first-order valence-corrected chi connectivity index (χ1v) is 12.0. The summed E-state index contributed by atoms with van der Waals surface area (Å²) in [5.74, 6) is 0.476. The molecule has 1 aromatic heterocycles. The minimum absolute atomic E-state index is 0.0673. The van der Waals surface area contributed by atoms with Gasteiger partial charge in [-0.15, -0.1) is 11.3 Å². The van der Waals surface area contributed by atoms with Crippen LogP contribution in [0.3, 0.4) is 0 Å². The number of thiazole rings is 1. The molecular formula is C23H28ClN3O2S. The van der Waals surface area contributed by atoms with E-state index >= 15 is 0 Å². The average molecular weight is 446 g/mol.